The molecule has 0 spiro atoms. The highest BCUT2D eigenvalue weighted by Gasteiger charge is 2.41. The van der Waals surface area contributed by atoms with Crippen LogP contribution in [0.25, 0.3) is 0 Å². The Morgan fingerprint density at radius 1 is 1.38 bits per heavy atom. The van der Waals surface area contributed by atoms with E-state index in [1.54, 1.807) is 4.90 Å². The molecule has 0 aliphatic carbocycles. The Labute approximate surface area is 130 Å². The number of hydrogen-bond acceptors (Lipinski definition) is 3. The summed E-state index contributed by atoms with van der Waals surface area (Å²) in [6.45, 7) is 6.89. The van der Waals surface area contributed by atoms with Crippen LogP contribution in [0, 0.1) is 5.92 Å². The van der Waals surface area contributed by atoms with Gasteiger partial charge in [-0.15, -0.1) is 0 Å². The Hall–Kier alpha value is -1.42. The van der Waals surface area contributed by atoms with Crippen LogP contribution in [0.3, 0.4) is 0 Å². The molecule has 2 heterocycles. The summed E-state index contributed by atoms with van der Waals surface area (Å²) in [6.07, 6.45) is 0.675. The number of benzene rings is 1. The molecule has 0 aromatic heterocycles. The molecule has 1 amide bonds. The van der Waals surface area contributed by atoms with Crippen molar-refractivity contribution in [1.82, 2.24) is 4.90 Å². The summed E-state index contributed by atoms with van der Waals surface area (Å²) >= 11 is 6.03. The molecule has 1 aromatic rings. The molecule has 114 valence electrons. The average Bonchev–Trinajstić information content (AvgIpc) is 2.76. The van der Waals surface area contributed by atoms with E-state index in [0.717, 1.165) is 22.8 Å². The summed E-state index contributed by atoms with van der Waals surface area (Å²) in [5.74, 6) is 1.19. The van der Waals surface area contributed by atoms with Crippen LogP contribution in [0.5, 0.6) is 5.75 Å². The first-order valence-corrected chi connectivity index (χ1v) is 7.62. The Morgan fingerprint density at radius 3 is 2.86 bits per heavy atom. The quantitative estimate of drug-likeness (QED) is 0.736. The van der Waals surface area contributed by atoms with E-state index in [9.17, 15) is 4.79 Å². The minimum atomic E-state index is -0.470. The second kappa shape index (κ2) is 5.09. The summed E-state index contributed by atoms with van der Waals surface area (Å²) in [5.41, 5.74) is 0.650. The van der Waals surface area contributed by atoms with Crippen LogP contribution in [-0.2, 0) is 11.2 Å². The number of fused-ring (bicyclic) bond motifs is 2. The third-order valence-electron chi connectivity index (χ3n) is 3.82. The molecule has 3 rings (SSSR count). The molecule has 0 radical (unpaired) electrons. The Balaban J connectivity index is 1.70. The summed E-state index contributed by atoms with van der Waals surface area (Å²) < 4.78 is 11.4. The molecule has 0 saturated carbocycles. The predicted molar refractivity (Wildman–Crippen MR) is 80.9 cm³/mol. The monoisotopic (exact) mass is 309 g/mol. The number of rotatable bonds is 0. The number of likely N-dealkylation sites (tertiary alicyclic amines) is 1. The fourth-order valence-electron chi connectivity index (χ4n) is 2.91. The normalized spacial score (nSPS) is 24.1. The van der Waals surface area contributed by atoms with Crippen LogP contribution in [0.15, 0.2) is 18.2 Å². The molecule has 1 fully saturated rings. The maximum Gasteiger partial charge on any atom is 0.410 e. The molecule has 2 unspecified atom stereocenters. The Morgan fingerprint density at radius 2 is 2.14 bits per heavy atom. The van der Waals surface area contributed by atoms with Crippen molar-refractivity contribution in [1.29, 1.82) is 0 Å². The molecule has 2 atom stereocenters. The van der Waals surface area contributed by atoms with Gasteiger partial charge in [0.15, 0.2) is 0 Å². The van der Waals surface area contributed by atoms with E-state index in [-0.39, 0.29) is 12.2 Å². The fraction of sp³-hybridized carbons (Fsp3) is 0.562. The van der Waals surface area contributed by atoms with E-state index in [4.69, 9.17) is 21.1 Å². The van der Waals surface area contributed by atoms with Gasteiger partial charge in [-0.2, -0.15) is 0 Å². The van der Waals surface area contributed by atoms with Crippen molar-refractivity contribution in [3.63, 3.8) is 0 Å². The number of carbonyl (C=O) groups excluding carboxylic acids is 1. The molecular weight excluding hydrogens is 290 g/mol. The maximum absolute atomic E-state index is 12.2. The van der Waals surface area contributed by atoms with Crippen molar-refractivity contribution in [2.24, 2.45) is 5.92 Å². The van der Waals surface area contributed by atoms with Gasteiger partial charge in [-0.05, 0) is 51.0 Å². The van der Waals surface area contributed by atoms with Gasteiger partial charge in [-0.3, -0.25) is 0 Å². The van der Waals surface area contributed by atoms with Crippen LogP contribution in [0.4, 0.5) is 4.79 Å². The molecule has 1 saturated heterocycles. The molecule has 0 N–H and O–H groups in total. The summed E-state index contributed by atoms with van der Waals surface area (Å²) in [4.78, 5) is 13.9. The van der Waals surface area contributed by atoms with Gasteiger partial charge < -0.3 is 14.4 Å². The van der Waals surface area contributed by atoms with Crippen LogP contribution >= 0.6 is 11.6 Å². The number of hydrogen-bond donors (Lipinski definition) is 0. The fourth-order valence-corrected chi connectivity index (χ4v) is 3.11. The third-order valence-corrected chi connectivity index (χ3v) is 4.05. The molecule has 21 heavy (non-hydrogen) atoms. The highest BCUT2D eigenvalue weighted by atomic mass is 35.5. The van der Waals surface area contributed by atoms with Crippen LogP contribution in [0.2, 0.25) is 5.02 Å². The van der Waals surface area contributed by atoms with Crippen molar-refractivity contribution >= 4 is 17.7 Å². The minimum Gasteiger partial charge on any atom is -0.488 e. The Kier molecular flexibility index (Phi) is 3.52. The SMILES string of the molecule is CC(C)(C)OC(=O)N1CC2Cc3cc(Cl)ccc3OC2C1. The van der Waals surface area contributed by atoms with Gasteiger partial charge in [-0.25, -0.2) is 4.79 Å². The van der Waals surface area contributed by atoms with Crippen LogP contribution in [0.1, 0.15) is 26.3 Å². The lowest BCUT2D eigenvalue weighted by molar-refractivity contribution is 0.0275. The van der Waals surface area contributed by atoms with Gasteiger partial charge in [0.25, 0.3) is 0 Å². The van der Waals surface area contributed by atoms with Crippen molar-refractivity contribution in [3.8, 4) is 5.75 Å². The maximum atomic E-state index is 12.2. The van der Waals surface area contributed by atoms with E-state index in [2.05, 4.69) is 0 Å². The van der Waals surface area contributed by atoms with Crippen molar-refractivity contribution in [2.75, 3.05) is 13.1 Å². The highest BCUT2D eigenvalue weighted by molar-refractivity contribution is 6.30. The lowest BCUT2D eigenvalue weighted by Gasteiger charge is -2.27. The van der Waals surface area contributed by atoms with E-state index >= 15 is 0 Å². The number of halogens is 1. The van der Waals surface area contributed by atoms with Gasteiger partial charge in [0, 0.05) is 17.5 Å². The van der Waals surface area contributed by atoms with Crippen molar-refractivity contribution < 1.29 is 14.3 Å². The summed E-state index contributed by atoms with van der Waals surface area (Å²) in [7, 11) is 0. The lowest BCUT2D eigenvalue weighted by Crippen LogP contribution is -2.36. The predicted octanol–water partition coefficient (Wildman–Crippen LogP) is 3.51. The lowest BCUT2D eigenvalue weighted by atomic mass is 9.93. The largest absolute Gasteiger partial charge is 0.488 e. The first-order chi connectivity index (χ1) is 9.82. The summed E-state index contributed by atoms with van der Waals surface area (Å²) in [5, 5.41) is 0.720. The van der Waals surface area contributed by atoms with Crippen LogP contribution in [-0.4, -0.2) is 35.8 Å². The molecule has 0 bridgehead atoms. The van der Waals surface area contributed by atoms with Crippen molar-refractivity contribution in [2.45, 2.75) is 38.9 Å². The van der Waals surface area contributed by atoms with Gasteiger partial charge in [0.2, 0.25) is 0 Å². The molecule has 5 heteroatoms. The number of carbonyl (C=O) groups is 1. The van der Waals surface area contributed by atoms with Gasteiger partial charge in [0.05, 0.1) is 6.54 Å². The second-order valence-corrected chi connectivity index (χ2v) is 7.19. The average molecular weight is 310 g/mol. The first-order valence-electron chi connectivity index (χ1n) is 7.25. The van der Waals surface area contributed by atoms with Gasteiger partial charge >= 0.3 is 6.09 Å². The van der Waals surface area contributed by atoms with Gasteiger partial charge in [-0.1, -0.05) is 11.6 Å². The molecule has 1 aromatic carbocycles. The van der Waals surface area contributed by atoms with Gasteiger partial charge in [0.1, 0.15) is 17.5 Å². The minimum absolute atomic E-state index is 0.0474. The van der Waals surface area contributed by atoms with E-state index < -0.39 is 5.60 Å². The van der Waals surface area contributed by atoms with Crippen molar-refractivity contribution in [3.05, 3.63) is 28.8 Å². The zero-order valence-electron chi connectivity index (χ0n) is 12.6. The van der Waals surface area contributed by atoms with E-state index in [0.29, 0.717) is 19.0 Å². The molecule has 2 aliphatic rings. The highest BCUT2D eigenvalue weighted by Crippen LogP contribution is 2.36. The molecule has 2 aliphatic heterocycles. The standard InChI is InChI=1S/C16H20ClNO3/c1-16(2,3)21-15(19)18-8-11-6-10-7-12(17)4-5-13(10)20-14(11)9-18/h4-5,7,11,14H,6,8-9H2,1-3H3. The first kappa shape index (κ1) is 14.5. The second-order valence-electron chi connectivity index (χ2n) is 6.76. The van der Waals surface area contributed by atoms with Crippen LogP contribution < -0.4 is 4.74 Å². The topological polar surface area (TPSA) is 38.8 Å². The molecule has 4 nitrogen and oxygen atoms in total. The third kappa shape index (κ3) is 3.10. The number of nitrogens with zero attached hydrogens (tertiary/aromatic N) is 1. The number of amides is 1. The molecular formula is C16H20ClNO3. The number of ether oxygens (including phenoxy) is 2. The zero-order chi connectivity index (χ0) is 15.2. The smallest absolute Gasteiger partial charge is 0.410 e. The zero-order valence-corrected chi connectivity index (χ0v) is 13.3. The summed E-state index contributed by atoms with van der Waals surface area (Å²) in [6, 6.07) is 5.69. The van der Waals surface area contributed by atoms with E-state index in [1.165, 1.54) is 0 Å². The Bertz CT molecular complexity index is 567. The van der Waals surface area contributed by atoms with E-state index in [1.807, 2.05) is 39.0 Å².